The zero-order valence-corrected chi connectivity index (χ0v) is 14.4. The van der Waals surface area contributed by atoms with Crippen molar-refractivity contribution in [2.24, 2.45) is 5.73 Å². The van der Waals surface area contributed by atoms with Crippen molar-refractivity contribution in [2.75, 3.05) is 26.2 Å². The number of hydrogen-bond acceptors (Lipinski definition) is 4. The highest BCUT2D eigenvalue weighted by Crippen LogP contribution is 2.21. The van der Waals surface area contributed by atoms with Gasteiger partial charge in [0.2, 0.25) is 5.91 Å². The first-order valence-corrected chi connectivity index (χ1v) is 8.76. The van der Waals surface area contributed by atoms with Crippen LogP contribution in [0.4, 0.5) is 0 Å². The third-order valence-electron chi connectivity index (χ3n) is 4.31. The molecule has 132 valence electrons. The molecule has 0 aliphatic carbocycles. The van der Waals surface area contributed by atoms with Crippen LogP contribution < -0.4 is 15.8 Å². The SMILES string of the molecule is C=CCOc1cccc(CN2CCCCC2CNC(=O)CCN)c1. The summed E-state index contributed by atoms with van der Waals surface area (Å²) >= 11 is 0. The van der Waals surface area contributed by atoms with Crippen LogP contribution in [0.2, 0.25) is 0 Å². The Morgan fingerprint density at radius 2 is 2.33 bits per heavy atom. The Morgan fingerprint density at radius 1 is 1.46 bits per heavy atom. The molecule has 1 unspecified atom stereocenters. The van der Waals surface area contributed by atoms with Crippen molar-refractivity contribution in [3.05, 3.63) is 42.5 Å². The second kappa shape index (κ2) is 10.1. The maximum atomic E-state index is 11.7. The molecule has 1 heterocycles. The normalized spacial score (nSPS) is 18.1. The van der Waals surface area contributed by atoms with E-state index in [9.17, 15) is 4.79 Å². The molecule has 5 heteroatoms. The number of rotatable bonds is 9. The van der Waals surface area contributed by atoms with Gasteiger partial charge in [-0.1, -0.05) is 31.2 Å². The van der Waals surface area contributed by atoms with E-state index < -0.39 is 0 Å². The number of benzene rings is 1. The molecule has 0 bridgehead atoms. The minimum absolute atomic E-state index is 0.0443. The smallest absolute Gasteiger partial charge is 0.221 e. The van der Waals surface area contributed by atoms with Crippen LogP contribution in [0.3, 0.4) is 0 Å². The van der Waals surface area contributed by atoms with Crippen LogP contribution in [0.15, 0.2) is 36.9 Å². The maximum Gasteiger partial charge on any atom is 0.221 e. The minimum Gasteiger partial charge on any atom is -0.490 e. The Bertz CT molecular complexity index is 533. The summed E-state index contributed by atoms with van der Waals surface area (Å²) in [5.41, 5.74) is 6.66. The minimum atomic E-state index is 0.0443. The van der Waals surface area contributed by atoms with Gasteiger partial charge in [-0.3, -0.25) is 9.69 Å². The van der Waals surface area contributed by atoms with E-state index in [1.54, 1.807) is 6.08 Å². The third kappa shape index (κ3) is 5.98. The number of carbonyl (C=O) groups is 1. The quantitative estimate of drug-likeness (QED) is 0.680. The molecule has 1 atom stereocenters. The van der Waals surface area contributed by atoms with Crippen LogP contribution >= 0.6 is 0 Å². The Hall–Kier alpha value is -1.85. The molecule has 1 amide bonds. The molecule has 1 saturated heterocycles. The zero-order chi connectivity index (χ0) is 17.2. The number of likely N-dealkylation sites (tertiary alicyclic amines) is 1. The van der Waals surface area contributed by atoms with Gasteiger partial charge in [-0.05, 0) is 37.1 Å². The first kappa shape index (κ1) is 18.5. The molecule has 3 N–H and O–H groups in total. The van der Waals surface area contributed by atoms with Crippen molar-refractivity contribution in [2.45, 2.75) is 38.3 Å². The second-order valence-corrected chi connectivity index (χ2v) is 6.21. The van der Waals surface area contributed by atoms with Crippen LogP contribution in [0.1, 0.15) is 31.2 Å². The lowest BCUT2D eigenvalue weighted by atomic mass is 10.0. The number of nitrogens with one attached hydrogen (secondary N) is 1. The summed E-state index contributed by atoms with van der Waals surface area (Å²) in [7, 11) is 0. The number of nitrogens with two attached hydrogens (primary N) is 1. The van der Waals surface area contributed by atoms with Crippen LogP contribution in [0.25, 0.3) is 0 Å². The van der Waals surface area contributed by atoms with Gasteiger partial charge in [0, 0.05) is 32.1 Å². The molecule has 2 rings (SSSR count). The Kier molecular flexibility index (Phi) is 7.79. The predicted molar refractivity (Wildman–Crippen MR) is 96.9 cm³/mol. The number of hydrogen-bond donors (Lipinski definition) is 2. The van der Waals surface area contributed by atoms with E-state index in [4.69, 9.17) is 10.5 Å². The average molecular weight is 331 g/mol. The van der Waals surface area contributed by atoms with Crippen molar-refractivity contribution >= 4 is 5.91 Å². The summed E-state index contributed by atoms with van der Waals surface area (Å²) in [5.74, 6) is 0.917. The fourth-order valence-corrected chi connectivity index (χ4v) is 3.07. The van der Waals surface area contributed by atoms with Crippen LogP contribution in [0, 0.1) is 0 Å². The first-order valence-electron chi connectivity index (χ1n) is 8.76. The maximum absolute atomic E-state index is 11.7. The summed E-state index contributed by atoms with van der Waals surface area (Å²) < 4.78 is 5.61. The molecule has 5 nitrogen and oxygen atoms in total. The third-order valence-corrected chi connectivity index (χ3v) is 4.31. The van der Waals surface area contributed by atoms with Crippen molar-refractivity contribution in [3.8, 4) is 5.75 Å². The van der Waals surface area contributed by atoms with E-state index in [-0.39, 0.29) is 5.91 Å². The average Bonchev–Trinajstić information content (AvgIpc) is 2.60. The molecule has 24 heavy (non-hydrogen) atoms. The molecule has 0 saturated carbocycles. The fourth-order valence-electron chi connectivity index (χ4n) is 3.07. The summed E-state index contributed by atoms with van der Waals surface area (Å²) in [4.78, 5) is 14.1. The van der Waals surface area contributed by atoms with Crippen molar-refractivity contribution in [1.29, 1.82) is 0 Å². The number of piperidine rings is 1. The van der Waals surface area contributed by atoms with Crippen molar-refractivity contribution < 1.29 is 9.53 Å². The van der Waals surface area contributed by atoms with Crippen molar-refractivity contribution in [1.82, 2.24) is 10.2 Å². The van der Waals surface area contributed by atoms with E-state index in [0.717, 1.165) is 25.3 Å². The lowest BCUT2D eigenvalue weighted by molar-refractivity contribution is -0.121. The van der Waals surface area contributed by atoms with E-state index in [1.807, 2.05) is 12.1 Å². The molecular weight excluding hydrogens is 302 g/mol. The molecule has 0 aromatic heterocycles. The topological polar surface area (TPSA) is 67.6 Å². The zero-order valence-electron chi connectivity index (χ0n) is 14.4. The number of amides is 1. The van der Waals surface area contributed by atoms with E-state index in [0.29, 0.717) is 32.2 Å². The standard InChI is InChI=1S/C19H29N3O2/c1-2-12-24-18-8-5-6-16(13-18)15-22-11-4-3-7-17(22)14-21-19(23)9-10-20/h2,5-6,8,13,17H,1,3-4,7,9-12,14-15,20H2,(H,21,23). The molecule has 1 aromatic carbocycles. The Labute approximate surface area is 144 Å². The van der Waals surface area contributed by atoms with Gasteiger partial charge in [-0.2, -0.15) is 0 Å². The lowest BCUT2D eigenvalue weighted by Gasteiger charge is -2.36. The van der Waals surface area contributed by atoms with Gasteiger partial charge >= 0.3 is 0 Å². The van der Waals surface area contributed by atoms with Crippen LogP contribution in [-0.4, -0.2) is 43.1 Å². The largest absolute Gasteiger partial charge is 0.490 e. The van der Waals surface area contributed by atoms with Crippen LogP contribution in [0.5, 0.6) is 5.75 Å². The Balaban J connectivity index is 1.92. The predicted octanol–water partition coefficient (Wildman–Crippen LogP) is 2.07. The fraction of sp³-hybridized carbons (Fsp3) is 0.526. The summed E-state index contributed by atoms with van der Waals surface area (Å²) in [6, 6.07) is 8.59. The molecule has 0 spiro atoms. The summed E-state index contributed by atoms with van der Waals surface area (Å²) in [5, 5.41) is 3.01. The number of carbonyl (C=O) groups excluding carboxylic acids is 1. The molecule has 1 aliphatic heterocycles. The summed E-state index contributed by atoms with van der Waals surface area (Å²) in [6.07, 6.45) is 5.69. The number of ether oxygens (including phenoxy) is 1. The molecular formula is C19H29N3O2. The molecule has 1 aliphatic rings. The number of nitrogens with zero attached hydrogens (tertiary/aromatic N) is 1. The van der Waals surface area contributed by atoms with Gasteiger partial charge < -0.3 is 15.8 Å². The highest BCUT2D eigenvalue weighted by Gasteiger charge is 2.22. The van der Waals surface area contributed by atoms with E-state index in [2.05, 4.69) is 28.9 Å². The van der Waals surface area contributed by atoms with E-state index >= 15 is 0 Å². The van der Waals surface area contributed by atoms with Gasteiger partial charge in [0.05, 0.1) is 0 Å². The molecule has 0 radical (unpaired) electrons. The Morgan fingerprint density at radius 3 is 3.12 bits per heavy atom. The van der Waals surface area contributed by atoms with Crippen molar-refractivity contribution in [3.63, 3.8) is 0 Å². The van der Waals surface area contributed by atoms with Gasteiger partial charge in [0.1, 0.15) is 12.4 Å². The molecule has 1 aromatic rings. The van der Waals surface area contributed by atoms with Gasteiger partial charge in [-0.15, -0.1) is 0 Å². The second-order valence-electron chi connectivity index (χ2n) is 6.21. The lowest BCUT2D eigenvalue weighted by Crippen LogP contribution is -2.46. The summed E-state index contributed by atoms with van der Waals surface area (Å²) in [6.45, 7) is 7.23. The van der Waals surface area contributed by atoms with Gasteiger partial charge in [0.25, 0.3) is 0 Å². The van der Waals surface area contributed by atoms with Gasteiger partial charge in [0.15, 0.2) is 0 Å². The highest BCUT2D eigenvalue weighted by atomic mass is 16.5. The monoisotopic (exact) mass is 331 g/mol. The first-order chi connectivity index (χ1) is 11.7. The highest BCUT2D eigenvalue weighted by molar-refractivity contribution is 5.76. The van der Waals surface area contributed by atoms with Gasteiger partial charge in [-0.25, -0.2) is 0 Å². The molecule has 1 fully saturated rings. The van der Waals surface area contributed by atoms with Crippen LogP contribution in [-0.2, 0) is 11.3 Å². The van der Waals surface area contributed by atoms with E-state index in [1.165, 1.54) is 18.4 Å².